The molecule has 3 rings (SSSR count). The molecule has 2 heterocycles. The number of amides is 1. The molecule has 156 valence electrons. The number of hydrogen-bond donors (Lipinski definition) is 1. The number of oxazole rings is 1. The summed E-state index contributed by atoms with van der Waals surface area (Å²) in [5.74, 6) is -1.84. The van der Waals surface area contributed by atoms with Crippen LogP contribution >= 0.6 is 0 Å². The SMILES string of the molecule is Cc1oc(-c2ccc(C(F)(F)F)cc2)nc1C(=O)N(CC(=O)O)Cc1ccccn1. The summed E-state index contributed by atoms with van der Waals surface area (Å²) in [7, 11) is 0. The Morgan fingerprint density at radius 3 is 2.40 bits per heavy atom. The maximum atomic E-state index is 12.9. The van der Waals surface area contributed by atoms with Crippen molar-refractivity contribution in [1.82, 2.24) is 14.9 Å². The molecule has 0 aliphatic rings. The third kappa shape index (κ3) is 4.83. The second-order valence-electron chi connectivity index (χ2n) is 6.37. The van der Waals surface area contributed by atoms with Crippen molar-refractivity contribution in [2.75, 3.05) is 6.54 Å². The van der Waals surface area contributed by atoms with Crippen LogP contribution in [0.5, 0.6) is 0 Å². The maximum Gasteiger partial charge on any atom is 0.416 e. The monoisotopic (exact) mass is 419 g/mol. The van der Waals surface area contributed by atoms with Crippen molar-refractivity contribution >= 4 is 11.9 Å². The normalized spacial score (nSPS) is 11.3. The van der Waals surface area contributed by atoms with E-state index in [9.17, 15) is 22.8 Å². The Morgan fingerprint density at radius 2 is 1.83 bits per heavy atom. The van der Waals surface area contributed by atoms with Crippen LogP contribution in [0.2, 0.25) is 0 Å². The Hall–Kier alpha value is -3.69. The molecule has 0 fully saturated rings. The van der Waals surface area contributed by atoms with Crippen LogP contribution < -0.4 is 0 Å². The Labute approximate surface area is 168 Å². The molecule has 0 radical (unpaired) electrons. The minimum Gasteiger partial charge on any atom is -0.480 e. The van der Waals surface area contributed by atoms with Gasteiger partial charge in [0.25, 0.3) is 5.91 Å². The van der Waals surface area contributed by atoms with E-state index in [1.165, 1.54) is 25.3 Å². The number of halogens is 3. The summed E-state index contributed by atoms with van der Waals surface area (Å²) in [6.45, 7) is 0.818. The molecule has 0 saturated heterocycles. The lowest BCUT2D eigenvalue weighted by atomic mass is 10.1. The number of carboxylic acids is 1. The largest absolute Gasteiger partial charge is 0.480 e. The number of aliphatic carboxylic acids is 1. The molecule has 0 saturated carbocycles. The van der Waals surface area contributed by atoms with Crippen molar-refractivity contribution < 1.29 is 32.3 Å². The highest BCUT2D eigenvalue weighted by Crippen LogP contribution is 2.31. The molecule has 7 nitrogen and oxygen atoms in total. The van der Waals surface area contributed by atoms with Gasteiger partial charge in [-0.25, -0.2) is 4.98 Å². The van der Waals surface area contributed by atoms with Gasteiger partial charge in [-0.2, -0.15) is 13.2 Å². The van der Waals surface area contributed by atoms with Gasteiger partial charge in [-0.15, -0.1) is 0 Å². The summed E-state index contributed by atoms with van der Waals surface area (Å²) in [5, 5.41) is 9.15. The molecule has 2 aromatic heterocycles. The van der Waals surface area contributed by atoms with Gasteiger partial charge in [-0.05, 0) is 43.3 Å². The van der Waals surface area contributed by atoms with Crippen LogP contribution in [0.15, 0.2) is 53.1 Å². The molecule has 30 heavy (non-hydrogen) atoms. The van der Waals surface area contributed by atoms with E-state index in [1.807, 2.05) is 0 Å². The van der Waals surface area contributed by atoms with Gasteiger partial charge in [-0.1, -0.05) is 6.07 Å². The first-order chi connectivity index (χ1) is 14.1. The first-order valence-corrected chi connectivity index (χ1v) is 8.71. The molecular weight excluding hydrogens is 403 g/mol. The van der Waals surface area contributed by atoms with E-state index in [0.29, 0.717) is 5.69 Å². The first-order valence-electron chi connectivity index (χ1n) is 8.71. The average molecular weight is 419 g/mol. The Balaban J connectivity index is 1.87. The van der Waals surface area contributed by atoms with Crippen molar-refractivity contribution in [3.8, 4) is 11.5 Å². The first kappa shape index (κ1) is 21.0. The molecule has 0 aliphatic carbocycles. The number of hydrogen-bond acceptors (Lipinski definition) is 5. The van der Waals surface area contributed by atoms with E-state index < -0.39 is 30.2 Å². The van der Waals surface area contributed by atoms with Crippen LogP contribution in [-0.2, 0) is 17.5 Å². The van der Waals surface area contributed by atoms with Gasteiger partial charge in [-0.3, -0.25) is 14.6 Å². The van der Waals surface area contributed by atoms with Crippen LogP contribution in [0.4, 0.5) is 13.2 Å². The van der Waals surface area contributed by atoms with E-state index >= 15 is 0 Å². The highest BCUT2D eigenvalue weighted by Gasteiger charge is 2.30. The predicted octanol–water partition coefficient (Wildman–Crippen LogP) is 3.79. The van der Waals surface area contributed by atoms with E-state index in [4.69, 9.17) is 9.52 Å². The Bertz CT molecular complexity index is 1050. The van der Waals surface area contributed by atoms with Crippen molar-refractivity contribution in [1.29, 1.82) is 0 Å². The van der Waals surface area contributed by atoms with Crippen LogP contribution in [-0.4, -0.2) is 38.4 Å². The quantitative estimate of drug-likeness (QED) is 0.653. The molecule has 0 aliphatic heterocycles. The highest BCUT2D eigenvalue weighted by molar-refractivity contribution is 5.95. The fraction of sp³-hybridized carbons (Fsp3) is 0.200. The van der Waals surface area contributed by atoms with E-state index in [2.05, 4.69) is 9.97 Å². The lowest BCUT2D eigenvalue weighted by molar-refractivity contribution is -0.138. The fourth-order valence-electron chi connectivity index (χ4n) is 2.72. The van der Waals surface area contributed by atoms with Crippen LogP contribution in [0.3, 0.4) is 0 Å². The van der Waals surface area contributed by atoms with E-state index in [0.717, 1.165) is 17.0 Å². The molecule has 10 heteroatoms. The van der Waals surface area contributed by atoms with Crippen molar-refractivity contribution in [3.05, 3.63) is 71.4 Å². The lowest BCUT2D eigenvalue weighted by Crippen LogP contribution is -2.36. The summed E-state index contributed by atoms with van der Waals surface area (Å²) >= 11 is 0. The minimum atomic E-state index is -4.48. The molecule has 0 atom stereocenters. The van der Waals surface area contributed by atoms with Crippen LogP contribution in [0, 0.1) is 6.92 Å². The van der Waals surface area contributed by atoms with Gasteiger partial charge >= 0.3 is 12.1 Å². The molecule has 1 N–H and O–H groups in total. The molecule has 3 aromatic rings. The van der Waals surface area contributed by atoms with Gasteiger partial charge < -0.3 is 14.4 Å². The topological polar surface area (TPSA) is 96.5 Å². The fourth-order valence-corrected chi connectivity index (χ4v) is 2.72. The summed E-state index contributed by atoms with van der Waals surface area (Å²) in [6, 6.07) is 9.17. The third-order valence-electron chi connectivity index (χ3n) is 4.15. The van der Waals surface area contributed by atoms with Gasteiger partial charge in [0, 0.05) is 11.8 Å². The van der Waals surface area contributed by atoms with Crippen molar-refractivity contribution in [2.45, 2.75) is 19.6 Å². The molecular formula is C20H16F3N3O4. The number of carbonyl (C=O) groups is 2. The number of carbonyl (C=O) groups excluding carboxylic acids is 1. The minimum absolute atomic E-state index is 0.0438. The van der Waals surface area contributed by atoms with Gasteiger partial charge in [0.2, 0.25) is 5.89 Å². The number of rotatable bonds is 6. The zero-order valence-electron chi connectivity index (χ0n) is 15.7. The second kappa shape index (κ2) is 8.36. The number of pyridine rings is 1. The summed E-state index contributed by atoms with van der Waals surface area (Å²) in [5.41, 5.74) is -0.216. The van der Waals surface area contributed by atoms with Crippen molar-refractivity contribution in [2.24, 2.45) is 0 Å². The third-order valence-corrected chi connectivity index (χ3v) is 4.15. The number of aryl methyl sites for hydroxylation is 1. The van der Waals surface area contributed by atoms with Crippen LogP contribution in [0.1, 0.15) is 27.5 Å². The number of nitrogens with zero attached hydrogens (tertiary/aromatic N) is 3. The average Bonchev–Trinajstić information content (AvgIpc) is 3.08. The van der Waals surface area contributed by atoms with E-state index in [-0.39, 0.29) is 29.5 Å². The van der Waals surface area contributed by atoms with E-state index in [1.54, 1.807) is 18.2 Å². The Kier molecular flexibility index (Phi) is 5.86. The summed E-state index contributed by atoms with van der Waals surface area (Å²) < 4.78 is 43.6. The summed E-state index contributed by atoms with van der Waals surface area (Å²) in [6.07, 6.45) is -2.96. The zero-order valence-corrected chi connectivity index (χ0v) is 15.7. The Morgan fingerprint density at radius 1 is 1.13 bits per heavy atom. The molecule has 1 aromatic carbocycles. The number of alkyl halides is 3. The van der Waals surface area contributed by atoms with Gasteiger partial charge in [0.1, 0.15) is 12.3 Å². The highest BCUT2D eigenvalue weighted by atomic mass is 19.4. The zero-order chi connectivity index (χ0) is 21.9. The number of aromatic nitrogens is 2. The summed E-state index contributed by atoms with van der Waals surface area (Å²) in [4.78, 5) is 33.3. The number of carboxylic acid groups (broad SMARTS) is 1. The standard InChI is InChI=1S/C20H16F3N3O4/c1-12-17(19(29)26(11-16(27)28)10-15-4-2-3-9-24-15)25-18(30-12)13-5-7-14(8-6-13)20(21,22)23/h2-9H,10-11H2,1H3,(H,27,28). The molecule has 1 amide bonds. The predicted molar refractivity (Wildman–Crippen MR) is 98.3 cm³/mol. The lowest BCUT2D eigenvalue weighted by Gasteiger charge is -2.19. The van der Waals surface area contributed by atoms with Crippen molar-refractivity contribution in [3.63, 3.8) is 0 Å². The molecule has 0 spiro atoms. The molecule has 0 bridgehead atoms. The maximum absolute atomic E-state index is 12.9. The van der Waals surface area contributed by atoms with Gasteiger partial charge in [0.15, 0.2) is 5.69 Å². The number of benzene rings is 1. The molecule has 0 unspecified atom stereocenters. The van der Waals surface area contributed by atoms with Crippen LogP contribution in [0.25, 0.3) is 11.5 Å². The van der Waals surface area contributed by atoms with Gasteiger partial charge in [0.05, 0.1) is 17.8 Å². The smallest absolute Gasteiger partial charge is 0.416 e. The second-order valence-corrected chi connectivity index (χ2v) is 6.37.